The standard InChI is InChI=1S/C12H13F2N3O/c1-7(9-3-4-10(13)11(14)5-9)15-6-12-16-8(2)17-18-12/h3-5,7,15H,6H2,1-2H3. The highest BCUT2D eigenvalue weighted by molar-refractivity contribution is 5.20. The molecule has 0 aliphatic carbocycles. The molecule has 0 saturated heterocycles. The van der Waals surface area contributed by atoms with Crippen molar-refractivity contribution in [3.63, 3.8) is 0 Å². The highest BCUT2D eigenvalue weighted by Crippen LogP contribution is 2.16. The second-order valence-corrected chi connectivity index (χ2v) is 4.01. The Kier molecular flexibility index (Phi) is 3.66. The molecule has 1 N–H and O–H groups in total. The minimum absolute atomic E-state index is 0.146. The van der Waals surface area contributed by atoms with Gasteiger partial charge in [0.1, 0.15) is 0 Å². The van der Waals surface area contributed by atoms with Crippen molar-refractivity contribution in [3.8, 4) is 0 Å². The summed E-state index contributed by atoms with van der Waals surface area (Å²) in [4.78, 5) is 4.03. The molecule has 0 aliphatic rings. The van der Waals surface area contributed by atoms with Crippen molar-refractivity contribution in [1.82, 2.24) is 15.5 Å². The summed E-state index contributed by atoms with van der Waals surface area (Å²) in [5.74, 6) is -0.678. The van der Waals surface area contributed by atoms with E-state index in [2.05, 4.69) is 15.5 Å². The molecule has 2 rings (SSSR count). The van der Waals surface area contributed by atoms with Gasteiger partial charge in [0.05, 0.1) is 6.54 Å². The lowest BCUT2D eigenvalue weighted by molar-refractivity contribution is 0.357. The Morgan fingerprint density at radius 2 is 2.11 bits per heavy atom. The van der Waals surface area contributed by atoms with E-state index in [1.807, 2.05) is 6.92 Å². The lowest BCUT2D eigenvalue weighted by atomic mass is 10.1. The van der Waals surface area contributed by atoms with Crippen LogP contribution in [0.25, 0.3) is 0 Å². The van der Waals surface area contributed by atoms with Gasteiger partial charge in [-0.15, -0.1) is 0 Å². The van der Waals surface area contributed by atoms with Gasteiger partial charge in [-0.1, -0.05) is 11.2 Å². The summed E-state index contributed by atoms with van der Waals surface area (Å²) in [5, 5.41) is 6.75. The van der Waals surface area contributed by atoms with Crippen molar-refractivity contribution in [2.75, 3.05) is 0 Å². The van der Waals surface area contributed by atoms with Crippen molar-refractivity contribution in [2.45, 2.75) is 26.4 Å². The van der Waals surface area contributed by atoms with Crippen LogP contribution in [0.1, 0.15) is 30.2 Å². The van der Waals surface area contributed by atoms with Gasteiger partial charge in [0, 0.05) is 6.04 Å². The summed E-state index contributed by atoms with van der Waals surface area (Å²) >= 11 is 0. The van der Waals surface area contributed by atoms with Crippen LogP contribution in [-0.2, 0) is 6.54 Å². The lowest BCUT2D eigenvalue weighted by Gasteiger charge is -2.12. The Bertz CT molecular complexity index is 542. The monoisotopic (exact) mass is 253 g/mol. The van der Waals surface area contributed by atoms with Crippen molar-refractivity contribution < 1.29 is 13.3 Å². The molecule has 1 aromatic carbocycles. The largest absolute Gasteiger partial charge is 0.338 e. The molecule has 0 bridgehead atoms. The predicted molar refractivity (Wildman–Crippen MR) is 60.6 cm³/mol. The smallest absolute Gasteiger partial charge is 0.240 e. The second kappa shape index (κ2) is 5.22. The van der Waals surface area contributed by atoms with Crippen molar-refractivity contribution in [3.05, 3.63) is 47.1 Å². The zero-order chi connectivity index (χ0) is 13.1. The van der Waals surface area contributed by atoms with Gasteiger partial charge >= 0.3 is 0 Å². The van der Waals surface area contributed by atoms with Gasteiger partial charge < -0.3 is 9.84 Å². The Balaban J connectivity index is 1.99. The molecule has 0 spiro atoms. The van der Waals surface area contributed by atoms with E-state index in [-0.39, 0.29) is 6.04 Å². The van der Waals surface area contributed by atoms with Crippen LogP contribution in [0.3, 0.4) is 0 Å². The number of hydrogen-bond acceptors (Lipinski definition) is 4. The summed E-state index contributed by atoms with van der Waals surface area (Å²) in [6.45, 7) is 3.95. The fourth-order valence-corrected chi connectivity index (χ4v) is 1.55. The maximum absolute atomic E-state index is 13.1. The minimum Gasteiger partial charge on any atom is -0.338 e. The van der Waals surface area contributed by atoms with E-state index < -0.39 is 11.6 Å². The second-order valence-electron chi connectivity index (χ2n) is 4.01. The zero-order valence-electron chi connectivity index (χ0n) is 10.1. The first-order chi connectivity index (χ1) is 8.56. The molecule has 0 fully saturated rings. The maximum atomic E-state index is 13.1. The number of aromatic nitrogens is 2. The van der Waals surface area contributed by atoms with E-state index >= 15 is 0 Å². The van der Waals surface area contributed by atoms with Gasteiger partial charge in [-0.05, 0) is 31.5 Å². The Labute approximate surface area is 103 Å². The molecule has 0 amide bonds. The van der Waals surface area contributed by atoms with Crippen molar-refractivity contribution in [2.24, 2.45) is 0 Å². The fourth-order valence-electron chi connectivity index (χ4n) is 1.55. The molecule has 6 heteroatoms. The van der Waals surface area contributed by atoms with Crippen LogP contribution in [0.5, 0.6) is 0 Å². The Hall–Kier alpha value is -1.82. The number of halogens is 2. The molecule has 4 nitrogen and oxygen atoms in total. The number of nitrogens with one attached hydrogen (secondary N) is 1. The lowest BCUT2D eigenvalue weighted by Crippen LogP contribution is -2.18. The third-order valence-corrected chi connectivity index (χ3v) is 2.57. The Morgan fingerprint density at radius 3 is 2.72 bits per heavy atom. The van der Waals surface area contributed by atoms with Crippen LogP contribution >= 0.6 is 0 Å². The SMILES string of the molecule is Cc1noc(CNC(C)c2ccc(F)c(F)c2)n1. The summed E-state index contributed by atoms with van der Waals surface area (Å²) < 4.78 is 30.8. The van der Waals surface area contributed by atoms with Crippen LogP contribution in [-0.4, -0.2) is 10.1 Å². The molecule has 0 aliphatic heterocycles. The third kappa shape index (κ3) is 2.89. The van der Waals surface area contributed by atoms with E-state index in [1.54, 1.807) is 6.92 Å². The molecule has 1 aromatic heterocycles. The number of aryl methyl sites for hydroxylation is 1. The van der Waals surface area contributed by atoms with Crippen LogP contribution in [0.4, 0.5) is 8.78 Å². The summed E-state index contributed by atoms with van der Waals surface area (Å²) in [7, 11) is 0. The van der Waals surface area contributed by atoms with Crippen LogP contribution in [0.15, 0.2) is 22.7 Å². The van der Waals surface area contributed by atoms with E-state index in [4.69, 9.17) is 4.52 Å². The highest BCUT2D eigenvalue weighted by atomic mass is 19.2. The van der Waals surface area contributed by atoms with Gasteiger partial charge in [-0.2, -0.15) is 4.98 Å². The average molecular weight is 253 g/mol. The predicted octanol–water partition coefficient (Wildman–Crippen LogP) is 2.51. The zero-order valence-corrected chi connectivity index (χ0v) is 10.1. The van der Waals surface area contributed by atoms with Gasteiger partial charge in [-0.3, -0.25) is 0 Å². The molecule has 18 heavy (non-hydrogen) atoms. The molecular formula is C12H13F2N3O. The quantitative estimate of drug-likeness (QED) is 0.909. The van der Waals surface area contributed by atoms with Gasteiger partial charge in [0.2, 0.25) is 5.89 Å². The molecule has 0 saturated carbocycles. The first kappa shape index (κ1) is 12.6. The molecule has 0 radical (unpaired) electrons. The molecule has 1 atom stereocenters. The van der Waals surface area contributed by atoms with Crippen molar-refractivity contribution >= 4 is 0 Å². The highest BCUT2D eigenvalue weighted by Gasteiger charge is 2.10. The van der Waals surface area contributed by atoms with Gasteiger partial charge in [-0.25, -0.2) is 8.78 Å². The third-order valence-electron chi connectivity index (χ3n) is 2.57. The maximum Gasteiger partial charge on any atom is 0.240 e. The van der Waals surface area contributed by atoms with Crippen LogP contribution < -0.4 is 5.32 Å². The van der Waals surface area contributed by atoms with E-state index in [9.17, 15) is 8.78 Å². The summed E-state index contributed by atoms with van der Waals surface area (Å²) in [6.07, 6.45) is 0. The van der Waals surface area contributed by atoms with Gasteiger partial charge in [0.25, 0.3) is 0 Å². The number of rotatable bonds is 4. The summed E-state index contributed by atoms with van der Waals surface area (Å²) in [5.41, 5.74) is 0.658. The minimum atomic E-state index is -0.852. The number of nitrogens with zero attached hydrogens (tertiary/aromatic N) is 2. The molecule has 96 valence electrons. The van der Waals surface area contributed by atoms with Crippen LogP contribution in [0.2, 0.25) is 0 Å². The first-order valence-electron chi connectivity index (χ1n) is 5.54. The normalized spacial score (nSPS) is 12.7. The first-order valence-corrected chi connectivity index (χ1v) is 5.54. The Morgan fingerprint density at radius 1 is 1.33 bits per heavy atom. The van der Waals surface area contributed by atoms with Crippen LogP contribution in [0, 0.1) is 18.6 Å². The van der Waals surface area contributed by atoms with E-state index in [0.29, 0.717) is 23.8 Å². The molecule has 1 heterocycles. The average Bonchev–Trinajstić information content (AvgIpc) is 2.75. The summed E-state index contributed by atoms with van der Waals surface area (Å²) in [6, 6.07) is 3.67. The number of benzene rings is 1. The molecule has 2 aromatic rings. The molecular weight excluding hydrogens is 240 g/mol. The number of hydrogen-bond donors (Lipinski definition) is 1. The fraction of sp³-hybridized carbons (Fsp3) is 0.333. The van der Waals surface area contributed by atoms with E-state index in [1.165, 1.54) is 12.1 Å². The topological polar surface area (TPSA) is 51.0 Å². The van der Waals surface area contributed by atoms with Crippen molar-refractivity contribution in [1.29, 1.82) is 0 Å². The molecule has 1 unspecified atom stereocenters. The van der Waals surface area contributed by atoms with Gasteiger partial charge in [0.15, 0.2) is 17.5 Å². The van der Waals surface area contributed by atoms with E-state index in [0.717, 1.165) is 6.07 Å².